The number of cyclic esters (lactones) is 1. The molecular formula is C32H48O4. The lowest BCUT2D eigenvalue weighted by Gasteiger charge is -2.60. The number of carbonyl (C=O) groups is 2. The van der Waals surface area contributed by atoms with Gasteiger partial charge in [-0.1, -0.05) is 38.0 Å². The topological polar surface area (TPSA) is 52.6 Å². The Labute approximate surface area is 218 Å². The van der Waals surface area contributed by atoms with Gasteiger partial charge in [0.05, 0.1) is 6.61 Å². The van der Waals surface area contributed by atoms with Gasteiger partial charge in [-0.2, -0.15) is 0 Å². The first kappa shape index (κ1) is 26.0. The quantitative estimate of drug-likeness (QED) is 0.281. The average Bonchev–Trinajstić information content (AvgIpc) is 3.42. The molecule has 0 saturated heterocycles. The van der Waals surface area contributed by atoms with Gasteiger partial charge in [0.25, 0.3) is 0 Å². The zero-order valence-electron chi connectivity index (χ0n) is 23.8. The van der Waals surface area contributed by atoms with Gasteiger partial charge in [-0.25, -0.2) is 4.79 Å². The van der Waals surface area contributed by atoms with Gasteiger partial charge < -0.3 is 9.47 Å². The van der Waals surface area contributed by atoms with E-state index in [1.165, 1.54) is 50.5 Å². The molecule has 36 heavy (non-hydrogen) atoms. The second kappa shape index (κ2) is 8.73. The predicted octanol–water partition coefficient (Wildman–Crippen LogP) is 7.57. The first-order chi connectivity index (χ1) is 17.0. The van der Waals surface area contributed by atoms with Crippen molar-refractivity contribution in [3.8, 4) is 0 Å². The highest BCUT2D eigenvalue weighted by Gasteiger charge is 2.79. The van der Waals surface area contributed by atoms with Gasteiger partial charge in [-0.15, -0.1) is 0 Å². The minimum absolute atomic E-state index is 0.00879. The van der Waals surface area contributed by atoms with Gasteiger partial charge >= 0.3 is 11.9 Å². The van der Waals surface area contributed by atoms with E-state index in [0.717, 1.165) is 18.4 Å². The molecule has 1 aliphatic heterocycles. The molecule has 0 aromatic rings. The van der Waals surface area contributed by atoms with Crippen LogP contribution in [0.3, 0.4) is 0 Å². The maximum absolute atomic E-state index is 12.4. The second-order valence-electron chi connectivity index (χ2n) is 13.7. The summed E-state index contributed by atoms with van der Waals surface area (Å²) in [6.45, 7) is 16.4. The van der Waals surface area contributed by atoms with Crippen LogP contribution in [0.25, 0.3) is 0 Å². The molecule has 0 N–H and O–H groups in total. The summed E-state index contributed by atoms with van der Waals surface area (Å²) in [5.41, 5.74) is 5.02. The summed E-state index contributed by atoms with van der Waals surface area (Å²) in [7, 11) is 0. The highest BCUT2D eigenvalue weighted by Crippen LogP contribution is 2.87. The summed E-state index contributed by atoms with van der Waals surface area (Å²) in [6, 6.07) is 0. The minimum Gasteiger partial charge on any atom is -0.466 e. The Morgan fingerprint density at radius 3 is 2.58 bits per heavy atom. The molecule has 5 aliphatic rings. The van der Waals surface area contributed by atoms with E-state index in [4.69, 9.17) is 9.47 Å². The molecule has 4 heteroatoms. The lowest BCUT2D eigenvalue weighted by molar-refractivity contribution is -0.153. The number of fused-ring (bicyclic) bond motifs is 2. The highest BCUT2D eigenvalue weighted by atomic mass is 16.5. The van der Waals surface area contributed by atoms with E-state index in [0.29, 0.717) is 41.6 Å². The summed E-state index contributed by atoms with van der Waals surface area (Å²) in [5, 5.41) is 0. The molecule has 1 heterocycles. The van der Waals surface area contributed by atoms with E-state index in [2.05, 4.69) is 40.7 Å². The Kier molecular flexibility index (Phi) is 6.32. The third-order valence-corrected chi connectivity index (χ3v) is 12.5. The van der Waals surface area contributed by atoms with Crippen LogP contribution < -0.4 is 0 Å². The minimum atomic E-state index is -0.127. The van der Waals surface area contributed by atoms with Crippen molar-refractivity contribution in [2.45, 2.75) is 119 Å². The lowest BCUT2D eigenvalue weighted by atomic mass is 9.44. The van der Waals surface area contributed by atoms with Crippen LogP contribution >= 0.6 is 0 Å². The Morgan fingerprint density at radius 1 is 1.17 bits per heavy atom. The second-order valence-corrected chi connectivity index (χ2v) is 13.7. The molecule has 4 aliphatic carbocycles. The largest absolute Gasteiger partial charge is 0.466 e. The van der Waals surface area contributed by atoms with Crippen molar-refractivity contribution in [1.82, 2.24) is 0 Å². The van der Waals surface area contributed by atoms with Crippen LogP contribution in [-0.4, -0.2) is 24.6 Å². The highest BCUT2D eigenvalue weighted by molar-refractivity contribution is 5.88. The fraction of sp³-hybridized carbons (Fsp3) is 0.812. The summed E-state index contributed by atoms with van der Waals surface area (Å²) in [5.74, 6) is 1.52. The molecule has 1 spiro atoms. The zero-order chi connectivity index (χ0) is 26.1. The van der Waals surface area contributed by atoms with Crippen molar-refractivity contribution < 1.29 is 19.1 Å². The lowest BCUT2D eigenvalue weighted by Crippen LogP contribution is -2.54. The standard InChI is InChI=1S/C32H48O4/c1-8-35-27(33)14-16-31-19-32(31)18-17-29(6)24(22(5)25-11-9-21(4)28(34)36-25)13-15-30(29,7)26(32)12-10-23(31)20(2)3/h9,22,24-26H,8,10-19H2,1-7H3/t22-,24+,25+,26-,29+,30-,31+,32-/m0/s1. The molecule has 0 unspecified atom stereocenters. The average molecular weight is 497 g/mol. The fourth-order valence-corrected chi connectivity index (χ4v) is 10.4. The summed E-state index contributed by atoms with van der Waals surface area (Å²) in [4.78, 5) is 24.7. The molecule has 4 nitrogen and oxygen atoms in total. The molecule has 200 valence electrons. The van der Waals surface area contributed by atoms with Crippen molar-refractivity contribution in [1.29, 1.82) is 0 Å². The first-order valence-electron chi connectivity index (χ1n) is 14.7. The fourth-order valence-electron chi connectivity index (χ4n) is 10.4. The van der Waals surface area contributed by atoms with Crippen molar-refractivity contribution in [3.05, 3.63) is 22.8 Å². The monoisotopic (exact) mass is 496 g/mol. The molecular weight excluding hydrogens is 448 g/mol. The third kappa shape index (κ3) is 3.44. The number of esters is 2. The summed E-state index contributed by atoms with van der Waals surface area (Å²) >= 11 is 0. The van der Waals surface area contributed by atoms with Crippen LogP contribution in [0.5, 0.6) is 0 Å². The van der Waals surface area contributed by atoms with Gasteiger partial charge in [-0.05, 0) is 118 Å². The van der Waals surface area contributed by atoms with Crippen LogP contribution in [0, 0.1) is 39.4 Å². The van der Waals surface area contributed by atoms with Gasteiger partial charge in [-0.3, -0.25) is 4.79 Å². The van der Waals surface area contributed by atoms with Crippen LogP contribution in [0.15, 0.2) is 22.8 Å². The molecule has 5 rings (SSSR count). The molecule has 0 amide bonds. The van der Waals surface area contributed by atoms with Gasteiger partial charge in [0.1, 0.15) is 6.10 Å². The first-order valence-corrected chi connectivity index (χ1v) is 14.7. The number of hydrogen-bond acceptors (Lipinski definition) is 4. The number of carbonyl (C=O) groups excluding carboxylic acids is 2. The van der Waals surface area contributed by atoms with Crippen LogP contribution in [0.1, 0.15) is 113 Å². The van der Waals surface area contributed by atoms with Crippen molar-refractivity contribution in [2.24, 2.45) is 39.4 Å². The van der Waals surface area contributed by atoms with E-state index in [9.17, 15) is 9.59 Å². The summed E-state index contributed by atoms with van der Waals surface area (Å²) in [6.07, 6.45) is 13.2. The molecule has 8 atom stereocenters. The normalized spacial score (nSPS) is 44.0. The number of rotatable bonds is 6. The van der Waals surface area contributed by atoms with E-state index in [-0.39, 0.29) is 28.9 Å². The third-order valence-electron chi connectivity index (χ3n) is 12.5. The number of allylic oxidation sites excluding steroid dienone is 2. The van der Waals surface area contributed by atoms with Crippen LogP contribution in [-0.2, 0) is 19.1 Å². The molecule has 0 aromatic carbocycles. The molecule has 0 aromatic heterocycles. The van der Waals surface area contributed by atoms with Gasteiger partial charge in [0.15, 0.2) is 0 Å². The maximum atomic E-state index is 12.4. The molecule has 0 bridgehead atoms. The van der Waals surface area contributed by atoms with E-state index in [1.54, 1.807) is 5.57 Å². The van der Waals surface area contributed by atoms with Crippen LogP contribution in [0.4, 0.5) is 0 Å². The number of ether oxygens (including phenoxy) is 2. The van der Waals surface area contributed by atoms with Crippen LogP contribution in [0.2, 0.25) is 0 Å². The van der Waals surface area contributed by atoms with Gasteiger partial charge in [0.2, 0.25) is 0 Å². The SMILES string of the molecule is CCOC(=O)CC[C@]12C[C@]13CC[C@]1(C)[C@@H]([C@H](C)[C@H]4CC=C(C)C(=O)O4)CC[C@@]1(C)[C@@H]3CCC2=C(C)C. The van der Waals surface area contributed by atoms with Crippen molar-refractivity contribution >= 4 is 11.9 Å². The number of hydrogen-bond donors (Lipinski definition) is 0. The van der Waals surface area contributed by atoms with E-state index >= 15 is 0 Å². The Balaban J connectivity index is 1.42. The predicted molar refractivity (Wildman–Crippen MR) is 142 cm³/mol. The zero-order valence-corrected chi connectivity index (χ0v) is 23.8. The Hall–Kier alpha value is -1.58. The molecule has 4 saturated carbocycles. The summed E-state index contributed by atoms with van der Waals surface area (Å²) < 4.78 is 11.3. The Morgan fingerprint density at radius 2 is 1.92 bits per heavy atom. The maximum Gasteiger partial charge on any atom is 0.333 e. The smallest absolute Gasteiger partial charge is 0.333 e. The van der Waals surface area contributed by atoms with Crippen molar-refractivity contribution in [2.75, 3.05) is 6.61 Å². The molecule has 4 fully saturated rings. The Bertz CT molecular complexity index is 1000. The van der Waals surface area contributed by atoms with Crippen molar-refractivity contribution in [3.63, 3.8) is 0 Å². The van der Waals surface area contributed by atoms with E-state index in [1.807, 2.05) is 13.8 Å². The molecule has 0 radical (unpaired) electrons. The van der Waals surface area contributed by atoms with E-state index < -0.39 is 0 Å². The van der Waals surface area contributed by atoms with Gasteiger partial charge in [0, 0.05) is 18.4 Å².